The van der Waals surface area contributed by atoms with Crippen molar-refractivity contribution < 1.29 is 22.3 Å². The minimum absolute atomic E-state index is 0.00465. The molecule has 0 saturated carbocycles. The maximum absolute atomic E-state index is 12.9. The van der Waals surface area contributed by atoms with E-state index in [1.807, 2.05) is 0 Å². The summed E-state index contributed by atoms with van der Waals surface area (Å²) in [4.78, 5) is 0. The van der Waals surface area contributed by atoms with Gasteiger partial charge in [0.25, 0.3) is 0 Å². The fourth-order valence-electron chi connectivity index (χ4n) is 1.97. The molecular weight excluding hydrogens is 316 g/mol. The van der Waals surface area contributed by atoms with Crippen molar-refractivity contribution in [2.24, 2.45) is 0 Å². The predicted molar refractivity (Wildman–Crippen MR) is 61.8 cm³/mol. The maximum Gasteiger partial charge on any atom is 0.417 e. The van der Waals surface area contributed by atoms with Crippen LogP contribution >= 0.6 is 15.9 Å². The fraction of sp³-hybridized carbons (Fsp3) is 0.500. The first kappa shape index (κ1) is 13.8. The largest absolute Gasteiger partial charge is 0.417 e. The zero-order chi connectivity index (χ0) is 13.4. The van der Waals surface area contributed by atoms with E-state index in [2.05, 4.69) is 15.9 Å². The molecule has 1 fully saturated rings. The van der Waals surface area contributed by atoms with Gasteiger partial charge in [-0.2, -0.15) is 13.2 Å². The number of benzene rings is 1. The Morgan fingerprint density at radius 1 is 1.33 bits per heavy atom. The van der Waals surface area contributed by atoms with E-state index in [-0.39, 0.29) is 25.9 Å². The molecule has 0 aromatic heterocycles. The second-order valence-corrected chi connectivity index (χ2v) is 5.18. The number of hydrogen-bond donors (Lipinski definition) is 0. The van der Waals surface area contributed by atoms with Crippen molar-refractivity contribution in [3.8, 4) is 0 Å². The van der Waals surface area contributed by atoms with Crippen LogP contribution in [0.3, 0.4) is 0 Å². The van der Waals surface area contributed by atoms with Gasteiger partial charge in [0.15, 0.2) is 5.60 Å². The van der Waals surface area contributed by atoms with Crippen LogP contribution in [0.15, 0.2) is 22.7 Å². The molecule has 1 heterocycles. The Labute approximate surface area is 110 Å². The number of halogens is 5. The first-order chi connectivity index (χ1) is 8.34. The molecule has 100 valence electrons. The maximum atomic E-state index is 12.9. The van der Waals surface area contributed by atoms with E-state index in [4.69, 9.17) is 4.74 Å². The summed E-state index contributed by atoms with van der Waals surface area (Å²) >= 11 is 3.14. The highest BCUT2D eigenvalue weighted by Crippen LogP contribution is 2.45. The van der Waals surface area contributed by atoms with Gasteiger partial charge in [0, 0.05) is 10.9 Å². The van der Waals surface area contributed by atoms with Gasteiger partial charge in [0.2, 0.25) is 0 Å². The van der Waals surface area contributed by atoms with Crippen LogP contribution in [0.1, 0.15) is 18.4 Å². The van der Waals surface area contributed by atoms with Crippen molar-refractivity contribution in [3.63, 3.8) is 0 Å². The SMILES string of the molecule is Fc1ccc(CCC2(C(F)(F)F)CCO2)c(Br)c1. The highest BCUT2D eigenvalue weighted by atomic mass is 79.9. The van der Waals surface area contributed by atoms with Gasteiger partial charge in [0.05, 0.1) is 6.61 Å². The van der Waals surface area contributed by atoms with E-state index < -0.39 is 17.6 Å². The van der Waals surface area contributed by atoms with Gasteiger partial charge in [-0.1, -0.05) is 22.0 Å². The van der Waals surface area contributed by atoms with E-state index in [0.29, 0.717) is 10.0 Å². The highest BCUT2D eigenvalue weighted by Gasteiger charge is 2.59. The molecule has 2 rings (SSSR count). The van der Waals surface area contributed by atoms with Crippen molar-refractivity contribution >= 4 is 15.9 Å². The van der Waals surface area contributed by atoms with Gasteiger partial charge in [-0.15, -0.1) is 0 Å². The molecular formula is C12H11BrF4O. The molecule has 0 radical (unpaired) electrons. The van der Waals surface area contributed by atoms with Crippen LogP contribution in [0.5, 0.6) is 0 Å². The van der Waals surface area contributed by atoms with Crippen molar-refractivity contribution in [1.29, 1.82) is 0 Å². The molecule has 1 unspecified atom stereocenters. The monoisotopic (exact) mass is 326 g/mol. The molecule has 1 saturated heterocycles. The summed E-state index contributed by atoms with van der Waals surface area (Å²) in [6.07, 6.45) is -4.30. The van der Waals surface area contributed by atoms with Crippen molar-refractivity contribution in [2.75, 3.05) is 6.61 Å². The van der Waals surface area contributed by atoms with Gasteiger partial charge in [-0.05, 0) is 30.5 Å². The number of alkyl halides is 3. The van der Waals surface area contributed by atoms with E-state index in [1.54, 1.807) is 0 Å². The number of hydrogen-bond acceptors (Lipinski definition) is 1. The lowest BCUT2D eigenvalue weighted by Gasteiger charge is -2.43. The molecule has 1 aromatic carbocycles. The Kier molecular flexibility index (Phi) is 3.69. The summed E-state index contributed by atoms with van der Waals surface area (Å²) in [6, 6.07) is 3.97. The molecule has 0 aliphatic carbocycles. The van der Waals surface area contributed by atoms with Crippen LogP contribution in [0.4, 0.5) is 17.6 Å². The van der Waals surface area contributed by atoms with Crippen LogP contribution in [-0.4, -0.2) is 18.4 Å². The smallest absolute Gasteiger partial charge is 0.365 e. The summed E-state index contributed by atoms with van der Waals surface area (Å²) in [5, 5.41) is 0. The quantitative estimate of drug-likeness (QED) is 0.755. The lowest BCUT2D eigenvalue weighted by molar-refractivity contribution is -0.327. The highest BCUT2D eigenvalue weighted by molar-refractivity contribution is 9.10. The third kappa shape index (κ3) is 2.54. The molecule has 0 bridgehead atoms. The molecule has 0 amide bonds. The lowest BCUT2D eigenvalue weighted by Crippen LogP contribution is -2.55. The van der Waals surface area contributed by atoms with Gasteiger partial charge in [-0.25, -0.2) is 4.39 Å². The molecule has 0 spiro atoms. The minimum atomic E-state index is -4.35. The van der Waals surface area contributed by atoms with Crippen LogP contribution in [0, 0.1) is 5.82 Å². The van der Waals surface area contributed by atoms with Crippen molar-refractivity contribution in [2.45, 2.75) is 31.0 Å². The first-order valence-corrected chi connectivity index (χ1v) is 6.28. The summed E-state index contributed by atoms with van der Waals surface area (Å²) < 4.78 is 56.6. The van der Waals surface area contributed by atoms with Gasteiger partial charge < -0.3 is 4.74 Å². The standard InChI is InChI=1S/C12H11BrF4O/c13-10-7-9(14)2-1-8(10)3-4-11(5-6-18-11)12(15,16)17/h1-2,7H,3-6H2. The zero-order valence-electron chi connectivity index (χ0n) is 9.36. The van der Waals surface area contributed by atoms with Gasteiger partial charge in [-0.3, -0.25) is 0 Å². The number of aryl methyl sites for hydroxylation is 1. The van der Waals surface area contributed by atoms with E-state index in [1.165, 1.54) is 18.2 Å². The van der Waals surface area contributed by atoms with Crippen LogP contribution in [0.25, 0.3) is 0 Å². The van der Waals surface area contributed by atoms with Crippen LogP contribution < -0.4 is 0 Å². The molecule has 1 atom stereocenters. The Hall–Kier alpha value is -0.620. The average molecular weight is 327 g/mol. The Balaban J connectivity index is 2.07. The summed E-state index contributed by atoms with van der Waals surface area (Å²) in [6.45, 7) is 0.143. The van der Waals surface area contributed by atoms with E-state index in [0.717, 1.165) is 0 Å². The van der Waals surface area contributed by atoms with Crippen LogP contribution in [-0.2, 0) is 11.2 Å². The molecule has 1 nitrogen and oxygen atoms in total. The Bertz CT molecular complexity index is 440. The molecule has 6 heteroatoms. The third-order valence-electron chi connectivity index (χ3n) is 3.21. The predicted octanol–water partition coefficient (Wildman–Crippen LogP) is 4.24. The van der Waals surface area contributed by atoms with Gasteiger partial charge >= 0.3 is 6.18 Å². The summed E-state index contributed by atoms with van der Waals surface area (Å²) in [7, 11) is 0. The van der Waals surface area contributed by atoms with Crippen molar-refractivity contribution in [1.82, 2.24) is 0 Å². The molecule has 1 aliphatic rings. The second kappa shape index (κ2) is 4.81. The lowest BCUT2D eigenvalue weighted by atomic mass is 9.87. The fourth-order valence-corrected chi connectivity index (χ4v) is 2.52. The van der Waals surface area contributed by atoms with Crippen molar-refractivity contribution in [3.05, 3.63) is 34.1 Å². The molecule has 18 heavy (non-hydrogen) atoms. The topological polar surface area (TPSA) is 9.23 Å². The number of rotatable bonds is 3. The Morgan fingerprint density at radius 3 is 2.44 bits per heavy atom. The summed E-state index contributed by atoms with van der Waals surface area (Å²) in [5.74, 6) is -0.420. The molecule has 1 aromatic rings. The molecule has 1 aliphatic heterocycles. The first-order valence-electron chi connectivity index (χ1n) is 5.49. The zero-order valence-corrected chi connectivity index (χ0v) is 10.9. The normalized spacial score (nSPS) is 23.8. The average Bonchev–Trinajstić information content (AvgIpc) is 2.16. The molecule has 0 N–H and O–H groups in total. The summed E-state index contributed by atoms with van der Waals surface area (Å²) in [5.41, 5.74) is -1.36. The third-order valence-corrected chi connectivity index (χ3v) is 3.95. The van der Waals surface area contributed by atoms with Gasteiger partial charge in [0.1, 0.15) is 5.82 Å². The second-order valence-electron chi connectivity index (χ2n) is 4.33. The van der Waals surface area contributed by atoms with E-state index in [9.17, 15) is 17.6 Å². The Morgan fingerprint density at radius 2 is 2.00 bits per heavy atom. The minimum Gasteiger partial charge on any atom is -0.365 e. The van der Waals surface area contributed by atoms with E-state index >= 15 is 0 Å². The number of ether oxygens (including phenoxy) is 1. The van der Waals surface area contributed by atoms with Crippen LogP contribution in [0.2, 0.25) is 0 Å².